The van der Waals surface area contributed by atoms with Crippen LogP contribution in [0.15, 0.2) is 18.2 Å². The standard InChI is InChI=1S/C17H21Cl2N3O2/c18-12-7-11(8-13(19)9-12)17(24)22-6-2-4-15(22)16(23)21-14-3-1-5-20-10-14/h7-9,14-15,20H,1-6,10H2,(H,21,23)/t14-,15?/m0/s1. The monoisotopic (exact) mass is 369 g/mol. The van der Waals surface area contributed by atoms with Gasteiger partial charge >= 0.3 is 0 Å². The molecule has 3 rings (SSSR count). The van der Waals surface area contributed by atoms with Crippen molar-refractivity contribution in [1.82, 2.24) is 15.5 Å². The van der Waals surface area contributed by atoms with Crippen molar-refractivity contribution in [3.63, 3.8) is 0 Å². The molecule has 0 aliphatic carbocycles. The Morgan fingerprint density at radius 2 is 1.88 bits per heavy atom. The van der Waals surface area contributed by atoms with Crippen LogP contribution in [-0.2, 0) is 4.79 Å². The van der Waals surface area contributed by atoms with Crippen LogP contribution in [0.1, 0.15) is 36.0 Å². The topological polar surface area (TPSA) is 61.4 Å². The van der Waals surface area contributed by atoms with Crippen LogP contribution < -0.4 is 10.6 Å². The molecule has 7 heteroatoms. The summed E-state index contributed by atoms with van der Waals surface area (Å²) in [7, 11) is 0. The number of likely N-dealkylation sites (tertiary alicyclic amines) is 1. The van der Waals surface area contributed by atoms with Crippen LogP contribution in [0.5, 0.6) is 0 Å². The Kier molecular flexibility index (Phi) is 5.64. The van der Waals surface area contributed by atoms with Crippen molar-refractivity contribution < 1.29 is 9.59 Å². The van der Waals surface area contributed by atoms with Gasteiger partial charge in [-0.05, 0) is 50.4 Å². The SMILES string of the molecule is O=C(N[C@H]1CCCNC1)C1CCCN1C(=O)c1cc(Cl)cc(Cl)c1. The lowest BCUT2D eigenvalue weighted by Gasteiger charge is -2.28. The molecule has 24 heavy (non-hydrogen) atoms. The Labute approximate surface area is 151 Å². The highest BCUT2D eigenvalue weighted by molar-refractivity contribution is 6.35. The smallest absolute Gasteiger partial charge is 0.254 e. The van der Waals surface area contributed by atoms with E-state index >= 15 is 0 Å². The zero-order chi connectivity index (χ0) is 17.1. The first-order valence-corrected chi connectivity index (χ1v) is 9.08. The molecular weight excluding hydrogens is 349 g/mol. The van der Waals surface area contributed by atoms with Crippen molar-refractivity contribution in [3.05, 3.63) is 33.8 Å². The van der Waals surface area contributed by atoms with Crippen LogP contribution in [0.3, 0.4) is 0 Å². The van der Waals surface area contributed by atoms with Crippen molar-refractivity contribution in [2.24, 2.45) is 0 Å². The highest BCUT2D eigenvalue weighted by atomic mass is 35.5. The fourth-order valence-corrected chi connectivity index (χ4v) is 3.92. The summed E-state index contributed by atoms with van der Waals surface area (Å²) in [6.07, 6.45) is 3.54. The Balaban J connectivity index is 1.69. The Bertz CT molecular complexity index is 612. The number of nitrogens with zero attached hydrogens (tertiary/aromatic N) is 1. The van der Waals surface area contributed by atoms with Gasteiger partial charge in [-0.1, -0.05) is 23.2 Å². The van der Waals surface area contributed by atoms with E-state index in [1.807, 2.05) is 0 Å². The molecule has 2 fully saturated rings. The molecule has 0 bridgehead atoms. The Morgan fingerprint density at radius 3 is 2.54 bits per heavy atom. The molecule has 2 heterocycles. The molecule has 2 N–H and O–H groups in total. The quantitative estimate of drug-likeness (QED) is 0.860. The maximum atomic E-state index is 12.8. The Morgan fingerprint density at radius 1 is 1.12 bits per heavy atom. The van der Waals surface area contributed by atoms with Crippen molar-refractivity contribution in [1.29, 1.82) is 0 Å². The van der Waals surface area contributed by atoms with Crippen LogP contribution in [0, 0.1) is 0 Å². The largest absolute Gasteiger partial charge is 0.350 e. The van der Waals surface area contributed by atoms with Gasteiger partial charge in [-0.15, -0.1) is 0 Å². The highest BCUT2D eigenvalue weighted by Gasteiger charge is 2.35. The molecule has 0 aromatic heterocycles. The van der Waals surface area contributed by atoms with Crippen LogP contribution in [0.2, 0.25) is 10.0 Å². The number of halogens is 2. The molecule has 0 saturated carbocycles. The first-order valence-electron chi connectivity index (χ1n) is 8.33. The molecule has 1 unspecified atom stereocenters. The number of hydrogen-bond donors (Lipinski definition) is 2. The van der Waals surface area contributed by atoms with Gasteiger partial charge in [0.25, 0.3) is 5.91 Å². The van der Waals surface area contributed by atoms with Gasteiger partial charge in [0, 0.05) is 34.7 Å². The van der Waals surface area contributed by atoms with Crippen LogP contribution in [-0.4, -0.2) is 48.4 Å². The van der Waals surface area contributed by atoms with E-state index in [1.165, 1.54) is 0 Å². The summed E-state index contributed by atoms with van der Waals surface area (Å²) in [5.74, 6) is -0.263. The zero-order valence-electron chi connectivity index (χ0n) is 13.4. The number of hydrogen-bond acceptors (Lipinski definition) is 3. The van der Waals surface area contributed by atoms with Crippen LogP contribution in [0.4, 0.5) is 0 Å². The van der Waals surface area contributed by atoms with Gasteiger partial charge < -0.3 is 15.5 Å². The molecule has 5 nitrogen and oxygen atoms in total. The predicted octanol–water partition coefficient (Wildman–Crippen LogP) is 2.47. The molecule has 2 saturated heterocycles. The second-order valence-electron chi connectivity index (χ2n) is 6.37. The van der Waals surface area contributed by atoms with Crippen molar-refractivity contribution in [2.75, 3.05) is 19.6 Å². The van der Waals surface area contributed by atoms with E-state index in [0.29, 0.717) is 28.6 Å². The number of carbonyl (C=O) groups is 2. The first kappa shape index (κ1) is 17.5. The highest BCUT2D eigenvalue weighted by Crippen LogP contribution is 2.24. The summed E-state index contributed by atoms with van der Waals surface area (Å²) in [5, 5.41) is 7.18. The number of nitrogens with one attached hydrogen (secondary N) is 2. The van der Waals surface area contributed by atoms with E-state index in [9.17, 15) is 9.59 Å². The summed E-state index contributed by atoms with van der Waals surface area (Å²) >= 11 is 12.0. The van der Waals surface area contributed by atoms with Gasteiger partial charge in [-0.3, -0.25) is 9.59 Å². The summed E-state index contributed by atoms with van der Waals surface area (Å²) < 4.78 is 0. The third kappa shape index (κ3) is 4.02. The van der Waals surface area contributed by atoms with Gasteiger partial charge in [-0.2, -0.15) is 0 Å². The van der Waals surface area contributed by atoms with E-state index in [2.05, 4.69) is 10.6 Å². The molecule has 2 aliphatic heterocycles. The average Bonchev–Trinajstić information content (AvgIpc) is 3.04. The molecule has 1 aromatic carbocycles. The normalized spacial score (nSPS) is 24.0. The minimum absolute atomic E-state index is 0.0670. The summed E-state index contributed by atoms with van der Waals surface area (Å²) in [6, 6.07) is 4.49. The second-order valence-corrected chi connectivity index (χ2v) is 7.24. The molecule has 1 aromatic rings. The average molecular weight is 370 g/mol. The van der Waals surface area contributed by atoms with Crippen molar-refractivity contribution >= 4 is 35.0 Å². The van der Waals surface area contributed by atoms with Gasteiger partial charge in [0.15, 0.2) is 0 Å². The lowest BCUT2D eigenvalue weighted by atomic mass is 10.1. The fraction of sp³-hybridized carbons (Fsp3) is 0.529. The summed E-state index contributed by atoms with van der Waals surface area (Å²) in [5.41, 5.74) is 0.423. The number of carbonyl (C=O) groups excluding carboxylic acids is 2. The number of piperidine rings is 1. The van der Waals surface area contributed by atoms with Gasteiger partial charge in [0.1, 0.15) is 6.04 Å². The maximum Gasteiger partial charge on any atom is 0.254 e. The van der Waals surface area contributed by atoms with Gasteiger partial charge in [0.05, 0.1) is 0 Å². The van der Waals surface area contributed by atoms with E-state index < -0.39 is 6.04 Å². The van der Waals surface area contributed by atoms with Crippen molar-refractivity contribution in [2.45, 2.75) is 37.8 Å². The van der Waals surface area contributed by atoms with Crippen molar-refractivity contribution in [3.8, 4) is 0 Å². The minimum atomic E-state index is -0.419. The molecule has 2 atom stereocenters. The summed E-state index contributed by atoms with van der Waals surface area (Å²) in [6.45, 7) is 2.36. The number of rotatable bonds is 3. The van der Waals surface area contributed by atoms with Crippen LogP contribution in [0.25, 0.3) is 0 Å². The van der Waals surface area contributed by atoms with E-state index in [0.717, 1.165) is 32.4 Å². The first-order chi connectivity index (χ1) is 11.5. The lowest BCUT2D eigenvalue weighted by Crippen LogP contribution is -2.52. The third-order valence-corrected chi connectivity index (χ3v) is 5.01. The second kappa shape index (κ2) is 7.72. The fourth-order valence-electron chi connectivity index (χ4n) is 3.40. The van der Waals surface area contributed by atoms with E-state index in [-0.39, 0.29) is 17.9 Å². The van der Waals surface area contributed by atoms with E-state index in [1.54, 1.807) is 23.1 Å². The van der Waals surface area contributed by atoms with Gasteiger partial charge in [0.2, 0.25) is 5.91 Å². The Hall–Kier alpha value is -1.30. The molecule has 2 aliphatic rings. The number of amides is 2. The molecule has 2 amide bonds. The minimum Gasteiger partial charge on any atom is -0.350 e. The molecule has 130 valence electrons. The van der Waals surface area contributed by atoms with E-state index in [4.69, 9.17) is 23.2 Å². The molecular formula is C17H21Cl2N3O2. The van der Waals surface area contributed by atoms with Gasteiger partial charge in [-0.25, -0.2) is 0 Å². The lowest BCUT2D eigenvalue weighted by molar-refractivity contribution is -0.125. The zero-order valence-corrected chi connectivity index (χ0v) is 14.9. The number of benzene rings is 1. The summed E-state index contributed by atoms with van der Waals surface area (Å²) in [4.78, 5) is 27.0. The predicted molar refractivity (Wildman–Crippen MR) is 94.6 cm³/mol. The molecule has 0 spiro atoms. The molecule has 0 radical (unpaired) electrons. The maximum absolute atomic E-state index is 12.8. The van der Waals surface area contributed by atoms with Crippen LogP contribution >= 0.6 is 23.2 Å². The third-order valence-electron chi connectivity index (χ3n) is 4.57.